The van der Waals surface area contributed by atoms with Crippen LogP contribution in [0.2, 0.25) is 0 Å². The number of carbonyl (C=O) groups is 1. The molecule has 9 nitrogen and oxygen atoms in total. The monoisotopic (exact) mass is 444 g/mol. The summed E-state index contributed by atoms with van der Waals surface area (Å²) in [5.74, 6) is -0.479. The summed E-state index contributed by atoms with van der Waals surface area (Å²) in [4.78, 5) is 38.7. The molecule has 0 radical (unpaired) electrons. The van der Waals surface area contributed by atoms with Crippen molar-refractivity contribution in [3.63, 3.8) is 0 Å². The zero-order valence-corrected chi connectivity index (χ0v) is 18.5. The molecule has 0 bridgehead atoms. The quantitative estimate of drug-likeness (QED) is 0.415. The SMILES string of the molecule is CCc1c(-c2nc3cc4c(cnn4OC(C)=O)cc3[nH]c2=O)c2ccccc2n1CCCN. The Bertz CT molecular complexity index is 1580. The van der Waals surface area contributed by atoms with Crippen LogP contribution in [0, 0.1) is 0 Å². The van der Waals surface area contributed by atoms with E-state index in [0.717, 1.165) is 46.9 Å². The molecular weight excluding hydrogens is 420 g/mol. The van der Waals surface area contributed by atoms with Crippen molar-refractivity contribution in [2.75, 3.05) is 6.54 Å². The molecule has 0 aliphatic heterocycles. The van der Waals surface area contributed by atoms with Gasteiger partial charge in [0.25, 0.3) is 5.56 Å². The molecule has 3 N–H and O–H groups in total. The van der Waals surface area contributed by atoms with Crippen LogP contribution in [0.25, 0.3) is 44.1 Å². The number of carbonyl (C=O) groups excluding carboxylic acids is 1. The molecule has 168 valence electrons. The standard InChI is InChI=1S/C24H24N6O3/c1-3-19-22(16-7-4-5-8-20(16)29(19)10-6-9-25)23-24(32)28-17-11-15-13-26-30(33-14(2)31)21(15)12-18(17)27-23/h4-5,7-8,11-13H,3,6,9-10,25H2,1-2H3,(H,28,32). The lowest BCUT2D eigenvalue weighted by molar-refractivity contribution is -0.142. The van der Waals surface area contributed by atoms with Gasteiger partial charge in [0.2, 0.25) is 0 Å². The number of rotatable bonds is 6. The molecule has 0 saturated heterocycles. The van der Waals surface area contributed by atoms with Crippen LogP contribution in [0.4, 0.5) is 0 Å². The summed E-state index contributed by atoms with van der Waals surface area (Å²) in [5, 5.41) is 5.81. The van der Waals surface area contributed by atoms with Crippen LogP contribution in [-0.4, -0.2) is 37.0 Å². The number of benzene rings is 2. The number of fused-ring (bicyclic) bond motifs is 3. The average molecular weight is 444 g/mol. The van der Waals surface area contributed by atoms with E-state index in [9.17, 15) is 9.59 Å². The molecule has 5 rings (SSSR count). The summed E-state index contributed by atoms with van der Waals surface area (Å²) in [7, 11) is 0. The van der Waals surface area contributed by atoms with Crippen LogP contribution in [0.3, 0.4) is 0 Å². The maximum Gasteiger partial charge on any atom is 0.331 e. The first-order valence-electron chi connectivity index (χ1n) is 10.9. The van der Waals surface area contributed by atoms with Crippen LogP contribution in [0.5, 0.6) is 0 Å². The second-order valence-corrected chi connectivity index (χ2v) is 7.93. The number of nitrogens with two attached hydrogens (primary N) is 1. The van der Waals surface area contributed by atoms with Gasteiger partial charge >= 0.3 is 5.97 Å². The lowest BCUT2D eigenvalue weighted by Crippen LogP contribution is -2.17. The summed E-state index contributed by atoms with van der Waals surface area (Å²) in [6, 6.07) is 11.6. The smallest absolute Gasteiger partial charge is 0.331 e. The highest BCUT2D eigenvalue weighted by atomic mass is 16.7. The van der Waals surface area contributed by atoms with Crippen molar-refractivity contribution in [2.45, 2.75) is 33.2 Å². The van der Waals surface area contributed by atoms with Crippen molar-refractivity contribution in [2.24, 2.45) is 5.73 Å². The number of para-hydroxylation sites is 1. The first-order chi connectivity index (χ1) is 16.0. The minimum atomic E-state index is -0.479. The van der Waals surface area contributed by atoms with E-state index in [-0.39, 0.29) is 5.56 Å². The fourth-order valence-corrected chi connectivity index (χ4v) is 4.44. The van der Waals surface area contributed by atoms with Crippen LogP contribution in [0.1, 0.15) is 26.0 Å². The van der Waals surface area contributed by atoms with Gasteiger partial charge in [0.1, 0.15) is 11.2 Å². The highest BCUT2D eigenvalue weighted by molar-refractivity contribution is 5.99. The van der Waals surface area contributed by atoms with E-state index in [1.165, 1.54) is 11.8 Å². The fourth-order valence-electron chi connectivity index (χ4n) is 4.44. The molecule has 3 aromatic heterocycles. The fraction of sp³-hybridized carbons (Fsp3) is 0.250. The molecule has 33 heavy (non-hydrogen) atoms. The summed E-state index contributed by atoms with van der Waals surface area (Å²) < 4.78 is 2.24. The Morgan fingerprint density at radius 3 is 2.79 bits per heavy atom. The Hall–Kier alpha value is -3.98. The van der Waals surface area contributed by atoms with E-state index < -0.39 is 5.97 Å². The third-order valence-electron chi connectivity index (χ3n) is 5.80. The Balaban J connectivity index is 1.77. The molecule has 0 spiro atoms. The van der Waals surface area contributed by atoms with Crippen molar-refractivity contribution in [1.29, 1.82) is 0 Å². The predicted molar refractivity (Wildman–Crippen MR) is 127 cm³/mol. The number of aromatic nitrogens is 5. The summed E-state index contributed by atoms with van der Waals surface area (Å²) >= 11 is 0. The molecule has 0 atom stereocenters. The zero-order valence-electron chi connectivity index (χ0n) is 18.5. The highest BCUT2D eigenvalue weighted by Gasteiger charge is 2.21. The third-order valence-corrected chi connectivity index (χ3v) is 5.80. The molecule has 0 unspecified atom stereocenters. The van der Waals surface area contributed by atoms with E-state index in [0.29, 0.717) is 28.8 Å². The number of H-pyrrole nitrogens is 1. The van der Waals surface area contributed by atoms with Crippen LogP contribution in [-0.2, 0) is 17.8 Å². The van der Waals surface area contributed by atoms with E-state index >= 15 is 0 Å². The number of nitrogens with zero attached hydrogens (tertiary/aromatic N) is 4. The van der Waals surface area contributed by atoms with Gasteiger partial charge in [-0.15, -0.1) is 5.10 Å². The van der Waals surface area contributed by atoms with Crippen LogP contribution >= 0.6 is 0 Å². The van der Waals surface area contributed by atoms with E-state index in [1.54, 1.807) is 18.3 Å². The van der Waals surface area contributed by atoms with Gasteiger partial charge in [-0.3, -0.25) is 4.79 Å². The van der Waals surface area contributed by atoms with Crippen molar-refractivity contribution in [1.82, 2.24) is 24.5 Å². The van der Waals surface area contributed by atoms with Crippen molar-refractivity contribution < 1.29 is 9.63 Å². The third kappa shape index (κ3) is 3.46. The average Bonchev–Trinajstić information content (AvgIpc) is 3.33. The van der Waals surface area contributed by atoms with Gasteiger partial charge in [-0.1, -0.05) is 30.0 Å². The molecule has 0 saturated carbocycles. The van der Waals surface area contributed by atoms with Gasteiger partial charge in [0, 0.05) is 41.0 Å². The Morgan fingerprint density at radius 2 is 2.03 bits per heavy atom. The molecule has 9 heteroatoms. The summed E-state index contributed by atoms with van der Waals surface area (Å²) in [5.41, 5.74) is 10.6. The van der Waals surface area contributed by atoms with Gasteiger partial charge < -0.3 is 20.1 Å². The molecule has 5 aromatic rings. The van der Waals surface area contributed by atoms with Gasteiger partial charge in [-0.05, 0) is 37.6 Å². The lowest BCUT2D eigenvalue weighted by Gasteiger charge is -2.10. The highest BCUT2D eigenvalue weighted by Crippen LogP contribution is 2.34. The molecular formula is C24H24N6O3. The van der Waals surface area contributed by atoms with Crippen molar-refractivity contribution >= 4 is 38.8 Å². The number of hydrogen-bond donors (Lipinski definition) is 2. The molecule has 2 aromatic carbocycles. The van der Waals surface area contributed by atoms with E-state index in [1.807, 2.05) is 18.2 Å². The van der Waals surface area contributed by atoms with Crippen LogP contribution in [0.15, 0.2) is 47.4 Å². The first-order valence-corrected chi connectivity index (χ1v) is 10.9. The van der Waals surface area contributed by atoms with Gasteiger partial charge in [-0.2, -0.15) is 0 Å². The molecule has 0 aliphatic rings. The minimum Gasteiger partial charge on any atom is -0.344 e. The number of aryl methyl sites for hydroxylation is 1. The first kappa shape index (κ1) is 20.9. The van der Waals surface area contributed by atoms with Crippen molar-refractivity contribution in [3.05, 3.63) is 58.6 Å². The molecule has 0 fully saturated rings. The maximum absolute atomic E-state index is 13.2. The van der Waals surface area contributed by atoms with E-state index in [4.69, 9.17) is 15.6 Å². The van der Waals surface area contributed by atoms with Gasteiger partial charge in [-0.25, -0.2) is 9.78 Å². The normalized spacial score (nSPS) is 11.6. The summed E-state index contributed by atoms with van der Waals surface area (Å²) in [6.45, 7) is 4.75. The van der Waals surface area contributed by atoms with Gasteiger partial charge in [0.05, 0.1) is 17.2 Å². The number of hydrogen-bond acceptors (Lipinski definition) is 6. The van der Waals surface area contributed by atoms with E-state index in [2.05, 4.69) is 27.6 Å². The second kappa shape index (κ2) is 8.18. The molecule has 0 aliphatic carbocycles. The Morgan fingerprint density at radius 1 is 1.21 bits per heavy atom. The zero-order chi connectivity index (χ0) is 23.1. The van der Waals surface area contributed by atoms with Gasteiger partial charge in [0.15, 0.2) is 0 Å². The molecule has 0 amide bonds. The second-order valence-electron chi connectivity index (χ2n) is 7.93. The number of aromatic amines is 1. The molecule has 3 heterocycles. The summed E-state index contributed by atoms with van der Waals surface area (Å²) in [6.07, 6.45) is 3.15. The Labute approximate surface area is 188 Å². The van der Waals surface area contributed by atoms with Crippen molar-refractivity contribution in [3.8, 4) is 11.3 Å². The maximum atomic E-state index is 13.2. The minimum absolute atomic E-state index is 0.259. The van der Waals surface area contributed by atoms with Crippen LogP contribution < -0.4 is 16.1 Å². The lowest BCUT2D eigenvalue weighted by atomic mass is 10.1. The number of nitrogens with one attached hydrogen (secondary N) is 1. The predicted octanol–water partition coefficient (Wildman–Crippen LogP) is 2.78. The topological polar surface area (TPSA) is 121 Å². The largest absolute Gasteiger partial charge is 0.344 e. The Kier molecular flexibility index (Phi) is 5.18.